The van der Waals surface area contributed by atoms with Crippen LogP contribution in [0.25, 0.3) is 0 Å². The fraction of sp³-hybridized carbons (Fsp3) is 0.0714. The number of carbonyl (C=O) groups excluding carboxylic acids is 1. The van der Waals surface area contributed by atoms with Gasteiger partial charge in [0, 0.05) is 11.9 Å². The minimum atomic E-state index is -4.69. The molecule has 0 bridgehead atoms. The number of aliphatic imine (C=N–C) groups is 1. The number of nitrogens with one attached hydrogen (secondary N) is 2. The van der Waals surface area contributed by atoms with E-state index in [9.17, 15) is 22.2 Å². The van der Waals surface area contributed by atoms with Crippen LogP contribution in [-0.4, -0.2) is 30.1 Å². The highest BCUT2D eigenvalue weighted by atomic mass is 32.2. The zero-order chi connectivity index (χ0) is 17.5. The molecule has 2 aliphatic heterocycles. The van der Waals surface area contributed by atoms with E-state index in [-0.39, 0.29) is 5.82 Å². The Bertz CT molecular complexity index is 974. The molecule has 0 atom stereocenters. The monoisotopic (exact) mass is 350 g/mol. The largest absolute Gasteiger partial charge is 0.340 e. The maximum atomic E-state index is 13.2. The van der Waals surface area contributed by atoms with Crippen molar-refractivity contribution in [3.05, 3.63) is 57.9 Å². The van der Waals surface area contributed by atoms with Gasteiger partial charge in [-0.3, -0.25) is 9.98 Å². The number of rotatable bonds is 3. The number of hydrazine groups is 1. The minimum absolute atomic E-state index is 0.180. The molecule has 0 radical (unpaired) electrons. The Morgan fingerprint density at radius 1 is 1.42 bits per heavy atom. The Balaban J connectivity index is 2.02. The molecule has 24 heavy (non-hydrogen) atoms. The van der Waals surface area contributed by atoms with Gasteiger partial charge in [-0.2, -0.15) is 8.42 Å². The summed E-state index contributed by atoms with van der Waals surface area (Å²) in [6, 6.07) is 4.10. The zero-order valence-electron chi connectivity index (χ0n) is 12.2. The summed E-state index contributed by atoms with van der Waals surface area (Å²) < 4.78 is 45.5. The maximum absolute atomic E-state index is 13.2. The van der Waals surface area contributed by atoms with Crippen LogP contribution in [-0.2, 0) is 14.9 Å². The highest BCUT2D eigenvalue weighted by molar-refractivity contribution is 7.90. The lowest BCUT2D eigenvalue weighted by molar-refractivity contribution is 0.374. The SMILES string of the molecule is Cc1cc(F)ccc1NC1=CC=NC2=C(S(=O)(=O)O)C(=C=O)NN12. The van der Waals surface area contributed by atoms with E-state index in [0.717, 1.165) is 0 Å². The smallest absolute Gasteiger partial charge is 0.301 e. The van der Waals surface area contributed by atoms with Gasteiger partial charge in [0.2, 0.25) is 0 Å². The van der Waals surface area contributed by atoms with E-state index < -0.39 is 26.5 Å². The first-order chi connectivity index (χ1) is 11.3. The third-order valence-corrected chi connectivity index (χ3v) is 4.25. The summed E-state index contributed by atoms with van der Waals surface area (Å²) in [7, 11) is -4.69. The van der Waals surface area contributed by atoms with Crippen LogP contribution < -0.4 is 10.7 Å². The number of hydrogen-bond donors (Lipinski definition) is 3. The Hall–Kier alpha value is -2.94. The molecule has 3 rings (SSSR count). The standard InChI is InChI=1S/C14H11FN4O4S/c1-8-6-9(15)2-3-10(8)17-12-4-5-16-14-13(24(21,22)23)11(7-20)18-19(12)14/h2-6,17-18H,1H3,(H,21,22,23). The van der Waals surface area contributed by atoms with Crippen molar-refractivity contribution in [2.75, 3.05) is 5.32 Å². The molecule has 124 valence electrons. The molecule has 1 aromatic rings. The summed E-state index contributed by atoms with van der Waals surface area (Å²) in [4.78, 5) is 14.2. The second kappa shape index (κ2) is 5.60. The van der Waals surface area contributed by atoms with Crippen molar-refractivity contribution in [1.82, 2.24) is 10.4 Å². The van der Waals surface area contributed by atoms with E-state index >= 15 is 0 Å². The van der Waals surface area contributed by atoms with Crippen LogP contribution in [0.4, 0.5) is 10.1 Å². The molecule has 1 aromatic carbocycles. The second-order valence-electron chi connectivity index (χ2n) is 4.97. The van der Waals surface area contributed by atoms with Crippen molar-refractivity contribution in [2.45, 2.75) is 6.92 Å². The first-order valence-electron chi connectivity index (χ1n) is 6.63. The highest BCUT2D eigenvalue weighted by Crippen LogP contribution is 2.32. The summed E-state index contributed by atoms with van der Waals surface area (Å²) in [5.74, 6) is 1.17. The van der Waals surface area contributed by atoms with Crippen molar-refractivity contribution in [2.24, 2.45) is 4.99 Å². The van der Waals surface area contributed by atoms with Crippen molar-refractivity contribution >= 4 is 28.0 Å². The van der Waals surface area contributed by atoms with Gasteiger partial charge < -0.3 is 5.32 Å². The number of benzene rings is 1. The topological polar surface area (TPSA) is 111 Å². The van der Waals surface area contributed by atoms with Crippen LogP contribution in [0.5, 0.6) is 0 Å². The fourth-order valence-electron chi connectivity index (χ4n) is 2.29. The molecule has 0 fully saturated rings. The number of hydrogen-bond acceptors (Lipinski definition) is 7. The van der Waals surface area contributed by atoms with E-state index in [4.69, 9.17) is 0 Å². The van der Waals surface area contributed by atoms with Crippen LogP contribution in [0, 0.1) is 12.7 Å². The highest BCUT2D eigenvalue weighted by Gasteiger charge is 2.38. The summed E-state index contributed by atoms with van der Waals surface area (Å²) in [5.41, 5.74) is 3.21. The molecule has 8 nitrogen and oxygen atoms in total. The van der Waals surface area contributed by atoms with E-state index in [2.05, 4.69) is 15.7 Å². The molecule has 2 heterocycles. The zero-order valence-corrected chi connectivity index (χ0v) is 13.1. The first kappa shape index (κ1) is 15.9. The van der Waals surface area contributed by atoms with Crippen molar-refractivity contribution in [1.29, 1.82) is 0 Å². The second-order valence-corrected chi connectivity index (χ2v) is 6.32. The quantitative estimate of drug-likeness (QED) is 0.552. The molecule has 0 aromatic heterocycles. The number of aryl methyl sites for hydroxylation is 1. The van der Waals surface area contributed by atoms with Crippen LogP contribution in [0.2, 0.25) is 0 Å². The van der Waals surface area contributed by atoms with Crippen molar-refractivity contribution in [3.63, 3.8) is 0 Å². The first-order valence-corrected chi connectivity index (χ1v) is 8.07. The normalized spacial score (nSPS) is 16.5. The van der Waals surface area contributed by atoms with Crippen LogP contribution in [0.1, 0.15) is 5.56 Å². The van der Waals surface area contributed by atoms with Gasteiger partial charge in [-0.1, -0.05) is 0 Å². The molecule has 0 amide bonds. The molecule has 0 unspecified atom stereocenters. The average molecular weight is 350 g/mol. The van der Waals surface area contributed by atoms with Crippen molar-refractivity contribution < 1.29 is 22.2 Å². The molecule has 0 spiro atoms. The van der Waals surface area contributed by atoms with Gasteiger partial charge in [0.1, 0.15) is 11.6 Å². The lowest BCUT2D eigenvalue weighted by Gasteiger charge is -2.26. The number of allylic oxidation sites excluding steroid dienone is 1. The van der Waals surface area contributed by atoms with Crippen LogP contribution in [0.15, 0.2) is 51.5 Å². The van der Waals surface area contributed by atoms with E-state index in [1.807, 2.05) is 0 Å². The molecular formula is C14H11FN4O4S. The summed E-state index contributed by atoms with van der Waals surface area (Å²) in [6.45, 7) is 1.69. The number of halogens is 1. The Labute approximate surface area is 136 Å². The van der Waals surface area contributed by atoms with Gasteiger partial charge in [0.25, 0.3) is 0 Å². The van der Waals surface area contributed by atoms with Gasteiger partial charge in [-0.05, 0) is 36.8 Å². The predicted octanol–water partition coefficient (Wildman–Crippen LogP) is 1.06. The number of fused-ring (bicyclic) bond motifs is 1. The van der Waals surface area contributed by atoms with Gasteiger partial charge in [-0.25, -0.2) is 19.2 Å². The number of nitrogens with zero attached hydrogens (tertiary/aromatic N) is 2. The van der Waals surface area contributed by atoms with E-state index in [0.29, 0.717) is 17.1 Å². The van der Waals surface area contributed by atoms with Gasteiger partial charge in [0.05, 0.1) is 0 Å². The van der Waals surface area contributed by atoms with Crippen LogP contribution >= 0.6 is 0 Å². The number of anilines is 1. The molecule has 10 heteroatoms. The summed E-state index contributed by atoms with van der Waals surface area (Å²) in [6.07, 6.45) is 2.81. The van der Waals surface area contributed by atoms with E-state index in [1.54, 1.807) is 6.92 Å². The van der Waals surface area contributed by atoms with Gasteiger partial charge in [0.15, 0.2) is 22.4 Å². The average Bonchev–Trinajstić information content (AvgIpc) is 2.89. The molecule has 0 aliphatic carbocycles. The third-order valence-electron chi connectivity index (χ3n) is 3.35. The van der Waals surface area contributed by atoms with Gasteiger partial charge >= 0.3 is 10.1 Å². The molecule has 0 saturated carbocycles. The summed E-state index contributed by atoms with van der Waals surface area (Å²) in [5, 5.41) is 4.15. The van der Waals surface area contributed by atoms with Crippen molar-refractivity contribution in [3.8, 4) is 0 Å². The third kappa shape index (κ3) is 2.69. The van der Waals surface area contributed by atoms with Gasteiger partial charge in [-0.15, -0.1) is 0 Å². The Morgan fingerprint density at radius 3 is 2.79 bits per heavy atom. The molecular weight excluding hydrogens is 339 g/mol. The lowest BCUT2D eigenvalue weighted by Crippen LogP contribution is -2.35. The van der Waals surface area contributed by atoms with Crippen LogP contribution in [0.3, 0.4) is 0 Å². The van der Waals surface area contributed by atoms with E-state index in [1.165, 1.54) is 41.4 Å². The Morgan fingerprint density at radius 2 is 2.17 bits per heavy atom. The molecule has 2 aliphatic rings. The lowest BCUT2D eigenvalue weighted by atomic mass is 10.2. The minimum Gasteiger partial charge on any atom is -0.340 e. The maximum Gasteiger partial charge on any atom is 0.301 e. The molecule has 0 saturated heterocycles. The predicted molar refractivity (Wildman–Crippen MR) is 84.1 cm³/mol. The Kier molecular flexibility index (Phi) is 3.72. The fourth-order valence-corrected chi connectivity index (χ4v) is 3.01. The molecule has 3 N–H and O–H groups in total. The summed E-state index contributed by atoms with van der Waals surface area (Å²) >= 11 is 0.